The van der Waals surface area contributed by atoms with Crippen LogP contribution in [0.15, 0.2) is 17.1 Å². The van der Waals surface area contributed by atoms with Gasteiger partial charge < -0.3 is 10.2 Å². The summed E-state index contributed by atoms with van der Waals surface area (Å²) in [5, 5.41) is 12.1. The van der Waals surface area contributed by atoms with E-state index < -0.39 is 0 Å². The number of rotatable bonds is 0. The summed E-state index contributed by atoms with van der Waals surface area (Å²) in [6, 6.07) is 2.31. The molecule has 2 heterocycles. The second-order valence-corrected chi connectivity index (χ2v) is 4.27. The summed E-state index contributed by atoms with van der Waals surface area (Å²) in [5.74, 6) is 0.921. The Labute approximate surface area is 107 Å². The zero-order valence-corrected chi connectivity index (χ0v) is 11.1. The van der Waals surface area contributed by atoms with Gasteiger partial charge in [0.2, 0.25) is 0 Å². The van der Waals surface area contributed by atoms with Gasteiger partial charge in [-0.2, -0.15) is 5.26 Å². The Morgan fingerprint density at radius 1 is 1.60 bits per heavy atom. The van der Waals surface area contributed by atoms with E-state index in [0.29, 0.717) is 6.54 Å². The molecule has 0 atom stereocenters. The molecule has 0 saturated carbocycles. The number of likely N-dealkylation sites (tertiary alicyclic amines) is 1. The first kappa shape index (κ1) is 12.3. The van der Waals surface area contributed by atoms with E-state index in [2.05, 4.69) is 27.9 Å². The Morgan fingerprint density at radius 3 is 2.73 bits per heavy atom. The SMILES string of the molecule is C=C1CN=C(N2CC(C)(C#N)C2)NC1.I. The number of hydrogen-bond donors (Lipinski definition) is 1. The largest absolute Gasteiger partial charge is 0.352 e. The fourth-order valence-corrected chi connectivity index (χ4v) is 1.73. The van der Waals surface area contributed by atoms with Gasteiger partial charge in [-0.05, 0) is 12.5 Å². The molecule has 2 aliphatic rings. The van der Waals surface area contributed by atoms with Gasteiger partial charge in [-0.3, -0.25) is 0 Å². The van der Waals surface area contributed by atoms with Crippen LogP contribution in [-0.4, -0.2) is 37.0 Å². The van der Waals surface area contributed by atoms with Crippen molar-refractivity contribution in [1.29, 1.82) is 5.26 Å². The van der Waals surface area contributed by atoms with Gasteiger partial charge in [0.25, 0.3) is 0 Å². The van der Waals surface area contributed by atoms with Crippen molar-refractivity contribution < 1.29 is 0 Å². The minimum absolute atomic E-state index is 0. The average Bonchev–Trinajstić information content (AvgIpc) is 2.15. The van der Waals surface area contributed by atoms with Gasteiger partial charge in [0.15, 0.2) is 5.96 Å². The molecule has 0 spiro atoms. The van der Waals surface area contributed by atoms with Gasteiger partial charge in [0.1, 0.15) is 0 Å². The summed E-state index contributed by atoms with van der Waals surface area (Å²) in [4.78, 5) is 6.46. The molecular weight excluding hydrogens is 303 g/mol. The Kier molecular flexibility index (Phi) is 3.60. The van der Waals surface area contributed by atoms with E-state index in [9.17, 15) is 0 Å². The van der Waals surface area contributed by atoms with Crippen LogP contribution in [0.4, 0.5) is 0 Å². The lowest BCUT2D eigenvalue weighted by Crippen LogP contribution is -2.60. The summed E-state index contributed by atoms with van der Waals surface area (Å²) < 4.78 is 0. The molecule has 0 radical (unpaired) electrons. The Hall–Kier alpha value is -0.770. The molecule has 0 amide bonds. The normalized spacial score (nSPS) is 22.8. The molecule has 0 aromatic rings. The first-order chi connectivity index (χ1) is 6.63. The van der Waals surface area contributed by atoms with E-state index in [0.717, 1.165) is 31.2 Å². The van der Waals surface area contributed by atoms with Crippen LogP contribution in [0, 0.1) is 16.7 Å². The molecule has 0 aromatic carbocycles. The third-order valence-electron chi connectivity index (χ3n) is 2.60. The highest BCUT2D eigenvalue weighted by Crippen LogP contribution is 2.28. The molecule has 0 unspecified atom stereocenters. The minimum Gasteiger partial charge on any atom is -0.352 e. The molecule has 2 aliphatic heterocycles. The van der Waals surface area contributed by atoms with Crippen molar-refractivity contribution in [3.63, 3.8) is 0 Å². The number of halogens is 1. The molecule has 82 valence electrons. The quantitative estimate of drug-likeness (QED) is 0.535. The van der Waals surface area contributed by atoms with Gasteiger partial charge in [0.05, 0.1) is 18.0 Å². The monoisotopic (exact) mass is 318 g/mol. The smallest absolute Gasteiger partial charge is 0.194 e. The number of guanidine groups is 1. The maximum atomic E-state index is 8.85. The Morgan fingerprint density at radius 2 is 2.27 bits per heavy atom. The summed E-state index contributed by atoms with van der Waals surface area (Å²) in [6.07, 6.45) is 0. The highest BCUT2D eigenvalue weighted by atomic mass is 127. The van der Waals surface area contributed by atoms with Crippen molar-refractivity contribution in [3.8, 4) is 6.07 Å². The minimum atomic E-state index is -0.182. The second kappa shape index (κ2) is 4.39. The lowest BCUT2D eigenvalue weighted by Gasteiger charge is -2.45. The first-order valence-electron chi connectivity index (χ1n) is 4.74. The van der Waals surface area contributed by atoms with Gasteiger partial charge in [-0.25, -0.2) is 4.99 Å². The maximum absolute atomic E-state index is 8.85. The van der Waals surface area contributed by atoms with Crippen LogP contribution in [0.1, 0.15) is 6.92 Å². The third-order valence-corrected chi connectivity index (χ3v) is 2.60. The van der Waals surface area contributed by atoms with Crippen LogP contribution in [-0.2, 0) is 0 Å². The highest BCUT2D eigenvalue weighted by Gasteiger charge is 2.40. The molecular formula is C10H15IN4. The van der Waals surface area contributed by atoms with Crippen LogP contribution in [0.2, 0.25) is 0 Å². The Balaban J connectivity index is 0.00000112. The van der Waals surface area contributed by atoms with Crippen molar-refractivity contribution >= 4 is 29.9 Å². The van der Waals surface area contributed by atoms with Crippen LogP contribution in [0.5, 0.6) is 0 Å². The number of aliphatic imine (C=N–C) groups is 1. The molecule has 1 fully saturated rings. The third kappa shape index (κ3) is 2.43. The van der Waals surface area contributed by atoms with Gasteiger partial charge in [0, 0.05) is 19.6 Å². The van der Waals surface area contributed by atoms with Crippen molar-refractivity contribution in [2.75, 3.05) is 26.2 Å². The molecule has 1 saturated heterocycles. The average molecular weight is 318 g/mol. The van der Waals surface area contributed by atoms with Crippen LogP contribution < -0.4 is 5.32 Å². The van der Waals surface area contributed by atoms with E-state index in [1.54, 1.807) is 0 Å². The molecule has 5 heteroatoms. The maximum Gasteiger partial charge on any atom is 0.194 e. The number of nitriles is 1. The van der Waals surface area contributed by atoms with E-state index in [1.165, 1.54) is 0 Å². The van der Waals surface area contributed by atoms with Crippen LogP contribution >= 0.6 is 24.0 Å². The van der Waals surface area contributed by atoms with Gasteiger partial charge >= 0.3 is 0 Å². The number of nitrogens with one attached hydrogen (secondary N) is 1. The molecule has 4 nitrogen and oxygen atoms in total. The van der Waals surface area contributed by atoms with E-state index >= 15 is 0 Å². The van der Waals surface area contributed by atoms with Crippen LogP contribution in [0.25, 0.3) is 0 Å². The lowest BCUT2D eigenvalue weighted by atomic mass is 9.84. The van der Waals surface area contributed by atoms with Gasteiger partial charge in [-0.1, -0.05) is 6.58 Å². The fraction of sp³-hybridized carbons (Fsp3) is 0.600. The van der Waals surface area contributed by atoms with E-state index in [-0.39, 0.29) is 29.4 Å². The molecule has 1 N–H and O–H groups in total. The van der Waals surface area contributed by atoms with Gasteiger partial charge in [-0.15, -0.1) is 24.0 Å². The number of nitrogens with zero attached hydrogens (tertiary/aromatic N) is 3. The van der Waals surface area contributed by atoms with Crippen molar-refractivity contribution in [2.45, 2.75) is 6.92 Å². The predicted molar refractivity (Wildman–Crippen MR) is 70.2 cm³/mol. The van der Waals surface area contributed by atoms with E-state index in [4.69, 9.17) is 5.26 Å². The standard InChI is InChI=1S/C10H14N4.HI/c1-8-3-12-9(13-4-8)14-6-10(2,5-11)7-14;/h1,3-4,6-7H2,2H3,(H,12,13);1H. The van der Waals surface area contributed by atoms with Crippen molar-refractivity contribution in [2.24, 2.45) is 10.4 Å². The predicted octanol–water partition coefficient (Wildman–Crippen LogP) is 0.965. The molecule has 0 bridgehead atoms. The molecule has 0 aromatic heterocycles. The van der Waals surface area contributed by atoms with Crippen molar-refractivity contribution in [3.05, 3.63) is 12.2 Å². The van der Waals surface area contributed by atoms with Crippen molar-refractivity contribution in [1.82, 2.24) is 10.2 Å². The topological polar surface area (TPSA) is 51.4 Å². The second-order valence-electron chi connectivity index (χ2n) is 4.27. The summed E-state index contributed by atoms with van der Waals surface area (Å²) in [7, 11) is 0. The summed E-state index contributed by atoms with van der Waals surface area (Å²) in [6.45, 7) is 8.91. The summed E-state index contributed by atoms with van der Waals surface area (Å²) >= 11 is 0. The highest BCUT2D eigenvalue weighted by molar-refractivity contribution is 14.0. The molecule has 0 aliphatic carbocycles. The first-order valence-corrected chi connectivity index (χ1v) is 4.74. The van der Waals surface area contributed by atoms with E-state index in [1.807, 2.05) is 6.92 Å². The molecule has 15 heavy (non-hydrogen) atoms. The number of hydrogen-bond acceptors (Lipinski definition) is 4. The zero-order valence-electron chi connectivity index (χ0n) is 8.79. The molecule has 2 rings (SSSR count). The summed E-state index contributed by atoms with van der Waals surface area (Å²) in [5.41, 5.74) is 0.927. The zero-order chi connectivity index (χ0) is 10.2. The van der Waals surface area contributed by atoms with Crippen LogP contribution in [0.3, 0.4) is 0 Å². The fourth-order valence-electron chi connectivity index (χ4n) is 1.73. The Bertz CT molecular complexity index is 336. The lowest BCUT2D eigenvalue weighted by molar-refractivity contribution is 0.131.